The molecule has 0 fully saturated rings. The second-order valence-corrected chi connectivity index (χ2v) is 6.84. The van der Waals surface area contributed by atoms with Crippen LogP contribution in [0.25, 0.3) is 0 Å². The van der Waals surface area contributed by atoms with Crippen molar-refractivity contribution in [3.8, 4) is 0 Å². The van der Waals surface area contributed by atoms with Crippen molar-refractivity contribution in [1.82, 2.24) is 5.32 Å². The third-order valence-electron chi connectivity index (χ3n) is 4.42. The zero-order valence-electron chi connectivity index (χ0n) is 16.8. The monoisotopic (exact) mass is 385 g/mol. The number of amides is 1. The summed E-state index contributed by atoms with van der Waals surface area (Å²) in [6, 6.07) is -1.08. The van der Waals surface area contributed by atoms with Crippen LogP contribution in [0.1, 0.15) is 90.4 Å². The normalized spacial score (nSPS) is 11.6. The first-order chi connectivity index (χ1) is 12.9. The molecular weight excluding hydrogens is 350 g/mol. The highest BCUT2D eigenvalue weighted by molar-refractivity contribution is 5.84. The van der Waals surface area contributed by atoms with Crippen molar-refractivity contribution >= 4 is 23.6 Å². The Kier molecular flexibility index (Phi) is 15.1. The number of aliphatic carboxylic acids is 1. The molecule has 0 rings (SSSR count). The van der Waals surface area contributed by atoms with Crippen LogP contribution in [0.4, 0.5) is 0 Å². The minimum absolute atomic E-state index is 0.00805. The number of methoxy groups -OCH3 is 1. The van der Waals surface area contributed by atoms with Gasteiger partial charge in [0.05, 0.1) is 7.11 Å². The van der Waals surface area contributed by atoms with Gasteiger partial charge in [-0.2, -0.15) is 0 Å². The maximum atomic E-state index is 11.8. The summed E-state index contributed by atoms with van der Waals surface area (Å²) in [7, 11) is 1.23. The van der Waals surface area contributed by atoms with E-state index in [1.807, 2.05) is 0 Å². The lowest BCUT2D eigenvalue weighted by molar-refractivity contribution is -0.144. The van der Waals surface area contributed by atoms with Gasteiger partial charge in [0.15, 0.2) is 0 Å². The number of carboxylic acid groups (broad SMARTS) is 1. The number of esters is 1. The Morgan fingerprint density at radius 2 is 1.41 bits per heavy atom. The van der Waals surface area contributed by atoms with Crippen molar-refractivity contribution in [2.24, 2.45) is 0 Å². The lowest BCUT2D eigenvalue weighted by atomic mass is 10.0. The van der Waals surface area contributed by atoms with Crippen molar-refractivity contribution in [3.63, 3.8) is 0 Å². The van der Waals surface area contributed by atoms with Crippen molar-refractivity contribution < 1.29 is 29.0 Å². The lowest BCUT2D eigenvalue weighted by Gasteiger charge is -2.13. The first-order valence-corrected chi connectivity index (χ1v) is 10.0. The molecule has 1 amide bonds. The molecule has 1 atom stereocenters. The predicted molar refractivity (Wildman–Crippen MR) is 102 cm³/mol. The van der Waals surface area contributed by atoms with Crippen LogP contribution in [-0.2, 0) is 23.9 Å². The van der Waals surface area contributed by atoms with Crippen molar-refractivity contribution in [2.75, 3.05) is 7.11 Å². The summed E-state index contributed by atoms with van der Waals surface area (Å²) < 4.78 is 4.47. The number of carbonyl (C=O) groups is 4. The number of nitrogens with one attached hydrogen (secondary N) is 1. The van der Waals surface area contributed by atoms with Gasteiger partial charge in [-0.3, -0.25) is 14.4 Å². The molecule has 0 aliphatic carbocycles. The smallest absolute Gasteiger partial charge is 0.326 e. The molecule has 7 heteroatoms. The molecule has 0 radical (unpaired) electrons. The van der Waals surface area contributed by atoms with Crippen LogP contribution in [0.2, 0.25) is 0 Å². The van der Waals surface area contributed by atoms with Gasteiger partial charge in [-0.15, -0.1) is 0 Å². The summed E-state index contributed by atoms with van der Waals surface area (Å²) in [6.45, 7) is 2.15. The molecule has 2 N–H and O–H groups in total. The van der Waals surface area contributed by atoms with Gasteiger partial charge in [-0.25, -0.2) is 4.79 Å². The first kappa shape index (κ1) is 25.1. The summed E-state index contributed by atoms with van der Waals surface area (Å²) in [4.78, 5) is 45.8. The maximum absolute atomic E-state index is 11.8. The Labute approximate surface area is 162 Å². The van der Waals surface area contributed by atoms with Gasteiger partial charge in [-0.1, -0.05) is 39.0 Å². The molecule has 27 heavy (non-hydrogen) atoms. The number of ketones is 1. The number of carbonyl (C=O) groups excluding carboxylic acids is 3. The Balaban J connectivity index is 3.78. The number of Topliss-reactive ketones (excluding diaryl/α,β-unsaturated/α-hetero) is 1. The van der Waals surface area contributed by atoms with Crippen LogP contribution in [0.3, 0.4) is 0 Å². The molecule has 0 aromatic heterocycles. The SMILES string of the molecule is CCCCCCC(=O)CCCCCCC(=O)N[C@@H](CCC(=O)OC)C(=O)O. The van der Waals surface area contributed by atoms with Crippen LogP contribution >= 0.6 is 0 Å². The summed E-state index contributed by atoms with van der Waals surface area (Å²) in [5.41, 5.74) is 0. The quantitative estimate of drug-likeness (QED) is 0.293. The van der Waals surface area contributed by atoms with E-state index in [0.29, 0.717) is 25.0 Å². The number of ether oxygens (including phenoxy) is 1. The van der Waals surface area contributed by atoms with Gasteiger partial charge >= 0.3 is 11.9 Å². The fraction of sp³-hybridized carbons (Fsp3) is 0.800. The summed E-state index contributed by atoms with van der Waals surface area (Å²) in [6.07, 6.45) is 9.13. The van der Waals surface area contributed by atoms with Crippen LogP contribution in [0, 0.1) is 0 Å². The molecule has 0 unspecified atom stereocenters. The number of rotatable bonds is 17. The van der Waals surface area contributed by atoms with Gasteiger partial charge in [0.2, 0.25) is 5.91 Å². The number of carboxylic acids is 1. The van der Waals surface area contributed by atoms with E-state index in [1.165, 1.54) is 20.0 Å². The molecule has 0 aliphatic heterocycles. The van der Waals surface area contributed by atoms with Crippen LogP contribution < -0.4 is 5.32 Å². The van der Waals surface area contributed by atoms with Gasteiger partial charge in [0.25, 0.3) is 0 Å². The molecule has 0 aromatic rings. The van der Waals surface area contributed by atoms with Crippen molar-refractivity contribution in [3.05, 3.63) is 0 Å². The Hall–Kier alpha value is -1.92. The largest absolute Gasteiger partial charge is 0.480 e. The second-order valence-electron chi connectivity index (χ2n) is 6.84. The molecule has 0 saturated carbocycles. The average molecular weight is 386 g/mol. The molecule has 0 spiro atoms. The van der Waals surface area contributed by atoms with Crippen LogP contribution in [0.15, 0.2) is 0 Å². The van der Waals surface area contributed by atoms with Crippen LogP contribution in [0.5, 0.6) is 0 Å². The van der Waals surface area contributed by atoms with E-state index in [0.717, 1.165) is 32.1 Å². The summed E-state index contributed by atoms with van der Waals surface area (Å²) in [5, 5.41) is 11.5. The average Bonchev–Trinajstić information content (AvgIpc) is 2.64. The minimum atomic E-state index is -1.16. The fourth-order valence-corrected chi connectivity index (χ4v) is 2.72. The van der Waals surface area contributed by atoms with E-state index in [9.17, 15) is 19.2 Å². The van der Waals surface area contributed by atoms with Gasteiger partial charge in [-0.05, 0) is 25.7 Å². The van der Waals surface area contributed by atoms with Crippen LogP contribution in [-0.4, -0.2) is 41.9 Å². The highest BCUT2D eigenvalue weighted by Gasteiger charge is 2.20. The van der Waals surface area contributed by atoms with E-state index in [4.69, 9.17) is 5.11 Å². The van der Waals surface area contributed by atoms with E-state index in [1.54, 1.807) is 0 Å². The van der Waals surface area contributed by atoms with Crippen molar-refractivity contribution in [1.29, 1.82) is 0 Å². The standard InChI is InChI=1S/C20H35NO6/c1-3-4-5-8-11-16(22)12-9-6-7-10-13-18(23)21-17(20(25)26)14-15-19(24)27-2/h17H,3-15H2,1-2H3,(H,21,23)(H,25,26)/t17-/m0/s1. The van der Waals surface area contributed by atoms with E-state index >= 15 is 0 Å². The van der Waals surface area contributed by atoms with E-state index in [-0.39, 0.29) is 25.2 Å². The fourth-order valence-electron chi connectivity index (χ4n) is 2.72. The zero-order chi connectivity index (χ0) is 20.5. The molecule has 7 nitrogen and oxygen atoms in total. The topological polar surface area (TPSA) is 110 Å². The Morgan fingerprint density at radius 3 is 1.93 bits per heavy atom. The Morgan fingerprint density at radius 1 is 0.852 bits per heavy atom. The second kappa shape index (κ2) is 16.3. The van der Waals surface area contributed by atoms with Gasteiger partial charge < -0.3 is 15.2 Å². The molecule has 0 bridgehead atoms. The molecule has 0 aromatic carbocycles. The predicted octanol–water partition coefficient (Wildman–Crippen LogP) is 3.39. The maximum Gasteiger partial charge on any atom is 0.326 e. The van der Waals surface area contributed by atoms with Gasteiger partial charge in [0, 0.05) is 25.7 Å². The number of hydrogen-bond donors (Lipinski definition) is 2. The highest BCUT2D eigenvalue weighted by atomic mass is 16.5. The molecular formula is C20H35NO6. The molecule has 0 heterocycles. The third-order valence-corrected chi connectivity index (χ3v) is 4.42. The van der Waals surface area contributed by atoms with Gasteiger partial charge in [0.1, 0.15) is 11.8 Å². The molecule has 156 valence electrons. The van der Waals surface area contributed by atoms with Crippen molar-refractivity contribution in [2.45, 2.75) is 96.4 Å². The lowest BCUT2D eigenvalue weighted by Crippen LogP contribution is -2.41. The zero-order valence-corrected chi connectivity index (χ0v) is 16.8. The summed E-state index contributed by atoms with van der Waals surface area (Å²) >= 11 is 0. The molecule has 0 aliphatic rings. The highest BCUT2D eigenvalue weighted by Crippen LogP contribution is 2.10. The van der Waals surface area contributed by atoms with E-state index < -0.39 is 18.0 Å². The Bertz CT molecular complexity index is 463. The molecule has 0 saturated heterocycles. The third kappa shape index (κ3) is 14.9. The summed E-state index contributed by atoms with van der Waals surface area (Å²) in [5.74, 6) is -1.68. The number of hydrogen-bond acceptors (Lipinski definition) is 5. The van der Waals surface area contributed by atoms with E-state index in [2.05, 4.69) is 17.0 Å². The number of unbranched alkanes of at least 4 members (excludes halogenated alkanes) is 6. The first-order valence-electron chi connectivity index (χ1n) is 10.0. The minimum Gasteiger partial charge on any atom is -0.480 e.